The first-order valence-electron chi connectivity index (χ1n) is 5.37. The Labute approximate surface area is 115 Å². The molecule has 2 rings (SSSR count). The summed E-state index contributed by atoms with van der Waals surface area (Å²) in [6.07, 6.45) is 0. The summed E-state index contributed by atoms with van der Waals surface area (Å²) < 4.78 is 12.3. The zero-order valence-corrected chi connectivity index (χ0v) is 11.9. The molecule has 0 heterocycles. The van der Waals surface area contributed by atoms with E-state index in [0.717, 1.165) is 15.7 Å². The van der Waals surface area contributed by atoms with Crippen LogP contribution in [0.5, 0.6) is 0 Å². The molecule has 2 atom stereocenters. The van der Waals surface area contributed by atoms with Gasteiger partial charge in [0.25, 0.3) is 0 Å². The number of benzene rings is 2. The number of hydrogen-bond acceptors (Lipinski definition) is 3. The van der Waals surface area contributed by atoms with E-state index in [1.165, 1.54) is 0 Å². The summed E-state index contributed by atoms with van der Waals surface area (Å²) in [5, 5.41) is 3.00. The van der Waals surface area contributed by atoms with Crippen molar-refractivity contribution in [2.45, 2.75) is 5.78 Å². The van der Waals surface area contributed by atoms with Crippen molar-refractivity contribution in [2.24, 2.45) is 0 Å². The van der Waals surface area contributed by atoms with Crippen LogP contribution in [0.4, 0.5) is 5.69 Å². The largest absolute Gasteiger partial charge is 0.594 e. The van der Waals surface area contributed by atoms with E-state index in [9.17, 15) is 9.46 Å². The Morgan fingerprint density at radius 1 is 1.06 bits per heavy atom. The van der Waals surface area contributed by atoms with Gasteiger partial charge in [-0.1, -0.05) is 50.8 Å². The molecule has 0 aromatic heterocycles. The third kappa shape index (κ3) is 3.39. The maximum absolute atomic E-state index is 11.3. The SMILES string of the molecule is O=[P+]([O-])C(Nc1ccc(Br)cc1)c1ccccc1. The molecule has 18 heavy (non-hydrogen) atoms. The van der Waals surface area contributed by atoms with Gasteiger partial charge >= 0.3 is 8.03 Å². The highest BCUT2D eigenvalue weighted by Gasteiger charge is 2.23. The van der Waals surface area contributed by atoms with Crippen molar-refractivity contribution < 1.29 is 9.46 Å². The lowest BCUT2D eigenvalue weighted by atomic mass is 10.2. The van der Waals surface area contributed by atoms with E-state index in [0.29, 0.717) is 0 Å². The molecule has 0 saturated heterocycles. The number of rotatable bonds is 4. The van der Waals surface area contributed by atoms with Gasteiger partial charge < -0.3 is 10.2 Å². The second-order valence-electron chi connectivity index (χ2n) is 3.75. The minimum atomic E-state index is -2.59. The predicted octanol–water partition coefficient (Wildman–Crippen LogP) is 3.66. The lowest BCUT2D eigenvalue weighted by molar-refractivity contribution is -0.166. The van der Waals surface area contributed by atoms with Crippen LogP contribution < -0.4 is 10.2 Å². The van der Waals surface area contributed by atoms with Crippen LogP contribution >= 0.6 is 24.0 Å². The normalized spacial score (nSPS) is 12.9. The minimum Gasteiger partial charge on any atom is -0.594 e. The molecule has 0 radical (unpaired) electrons. The molecule has 2 aromatic carbocycles. The van der Waals surface area contributed by atoms with E-state index in [1.54, 1.807) is 12.1 Å². The van der Waals surface area contributed by atoms with Crippen molar-refractivity contribution in [3.05, 3.63) is 64.6 Å². The average Bonchev–Trinajstić information content (AvgIpc) is 2.38. The molecule has 0 spiro atoms. The van der Waals surface area contributed by atoms with Crippen molar-refractivity contribution in [2.75, 3.05) is 5.32 Å². The van der Waals surface area contributed by atoms with Gasteiger partial charge in [0, 0.05) is 15.7 Å². The molecule has 0 aliphatic heterocycles. The molecular weight excluding hydrogens is 313 g/mol. The van der Waals surface area contributed by atoms with Crippen molar-refractivity contribution in [3.8, 4) is 0 Å². The van der Waals surface area contributed by atoms with Gasteiger partial charge in [-0.2, -0.15) is 0 Å². The van der Waals surface area contributed by atoms with Crippen LogP contribution in [0.3, 0.4) is 0 Å². The molecule has 0 saturated carbocycles. The van der Waals surface area contributed by atoms with Crippen molar-refractivity contribution >= 4 is 29.6 Å². The third-order valence-corrected chi connectivity index (χ3v) is 3.85. The van der Waals surface area contributed by atoms with Gasteiger partial charge in [-0.3, -0.25) is 0 Å². The van der Waals surface area contributed by atoms with E-state index in [-0.39, 0.29) is 0 Å². The average molecular weight is 324 g/mol. The molecule has 0 fully saturated rings. The summed E-state index contributed by atoms with van der Waals surface area (Å²) in [6, 6.07) is 16.5. The molecule has 2 unspecified atom stereocenters. The number of nitrogens with one attached hydrogen (secondary N) is 1. The van der Waals surface area contributed by atoms with Crippen LogP contribution in [-0.4, -0.2) is 0 Å². The fraction of sp³-hybridized carbons (Fsp3) is 0.0769. The summed E-state index contributed by atoms with van der Waals surface area (Å²) in [7, 11) is -2.59. The first kappa shape index (κ1) is 13.2. The van der Waals surface area contributed by atoms with Crippen molar-refractivity contribution in [3.63, 3.8) is 0 Å². The van der Waals surface area contributed by atoms with Crippen molar-refractivity contribution in [1.29, 1.82) is 0 Å². The molecular formula is C13H11BrNO2P. The fourth-order valence-electron chi connectivity index (χ4n) is 1.60. The summed E-state index contributed by atoms with van der Waals surface area (Å²) in [6.45, 7) is 0. The van der Waals surface area contributed by atoms with Gasteiger partial charge in [0.05, 0.1) is 0 Å². The lowest BCUT2D eigenvalue weighted by Crippen LogP contribution is -2.11. The fourth-order valence-corrected chi connectivity index (χ4v) is 2.53. The summed E-state index contributed by atoms with van der Waals surface area (Å²) >= 11 is 3.34. The first-order chi connectivity index (χ1) is 8.66. The Morgan fingerprint density at radius 2 is 1.67 bits per heavy atom. The maximum Gasteiger partial charge on any atom is 0.339 e. The van der Waals surface area contributed by atoms with Gasteiger partial charge in [0.15, 0.2) is 0 Å². The Hall–Kier alpha value is -1.22. The molecule has 5 heteroatoms. The summed E-state index contributed by atoms with van der Waals surface area (Å²) in [4.78, 5) is 11.3. The molecule has 0 aliphatic rings. The second-order valence-corrected chi connectivity index (χ2v) is 5.75. The maximum atomic E-state index is 11.3. The molecule has 0 aliphatic carbocycles. The Balaban J connectivity index is 2.22. The van der Waals surface area contributed by atoms with E-state index in [2.05, 4.69) is 21.2 Å². The number of hydrogen-bond donors (Lipinski definition) is 1. The standard InChI is InChI=1S/C13H11BrNO2P/c14-11-6-8-12(9-7-11)15-13(18(16)17)10-4-2-1-3-5-10/h1-9,13,15H. The summed E-state index contributed by atoms with van der Waals surface area (Å²) in [5.41, 5.74) is 1.50. The van der Waals surface area contributed by atoms with Crippen LogP contribution in [-0.2, 0) is 4.57 Å². The second kappa shape index (κ2) is 6.10. The Kier molecular flexibility index (Phi) is 4.48. The molecule has 92 valence electrons. The zero-order chi connectivity index (χ0) is 13.0. The molecule has 0 amide bonds. The smallest absolute Gasteiger partial charge is 0.339 e. The molecule has 3 nitrogen and oxygen atoms in total. The monoisotopic (exact) mass is 323 g/mol. The van der Waals surface area contributed by atoms with Crippen LogP contribution in [0.1, 0.15) is 11.3 Å². The molecule has 1 N–H and O–H groups in total. The Bertz CT molecular complexity index is 530. The lowest BCUT2D eigenvalue weighted by Gasteiger charge is -2.12. The van der Waals surface area contributed by atoms with Gasteiger partial charge in [-0.25, -0.2) is 0 Å². The van der Waals surface area contributed by atoms with Gasteiger partial charge in [0.1, 0.15) is 0 Å². The number of anilines is 1. The van der Waals surface area contributed by atoms with E-state index in [1.807, 2.05) is 42.5 Å². The third-order valence-electron chi connectivity index (χ3n) is 2.47. The van der Waals surface area contributed by atoms with Gasteiger partial charge in [-0.05, 0) is 24.3 Å². The van der Waals surface area contributed by atoms with Crippen molar-refractivity contribution in [1.82, 2.24) is 0 Å². The molecule has 0 bridgehead atoms. The highest BCUT2D eigenvalue weighted by atomic mass is 79.9. The highest BCUT2D eigenvalue weighted by Crippen LogP contribution is 2.35. The minimum absolute atomic E-state index is 0.706. The molecule has 2 aromatic rings. The topological polar surface area (TPSA) is 52.2 Å². The van der Waals surface area contributed by atoms with Crippen LogP contribution in [0.15, 0.2) is 59.1 Å². The highest BCUT2D eigenvalue weighted by molar-refractivity contribution is 9.10. The first-order valence-corrected chi connectivity index (χ1v) is 7.41. The van der Waals surface area contributed by atoms with Gasteiger partial charge in [0.2, 0.25) is 5.78 Å². The quantitative estimate of drug-likeness (QED) is 0.873. The van der Waals surface area contributed by atoms with Crippen LogP contribution in [0.25, 0.3) is 0 Å². The summed E-state index contributed by atoms with van der Waals surface area (Å²) in [5.74, 6) is -0.706. The predicted molar refractivity (Wildman–Crippen MR) is 74.6 cm³/mol. The number of halogens is 1. The Morgan fingerprint density at radius 3 is 2.22 bits per heavy atom. The van der Waals surface area contributed by atoms with Gasteiger partial charge in [-0.15, -0.1) is 0 Å². The zero-order valence-electron chi connectivity index (χ0n) is 9.42. The van der Waals surface area contributed by atoms with E-state index in [4.69, 9.17) is 0 Å². The van der Waals surface area contributed by atoms with E-state index >= 15 is 0 Å². The van der Waals surface area contributed by atoms with Crippen LogP contribution in [0, 0.1) is 0 Å². The van der Waals surface area contributed by atoms with Crippen LogP contribution in [0.2, 0.25) is 0 Å². The van der Waals surface area contributed by atoms with E-state index < -0.39 is 13.8 Å².